The Kier molecular flexibility index (Phi) is 5.30. The van der Waals surface area contributed by atoms with Gasteiger partial charge < -0.3 is 5.32 Å². The number of amides is 1. The third-order valence-electron chi connectivity index (χ3n) is 4.80. The number of anilines is 1. The fraction of sp³-hybridized carbons (Fsp3) is 0.0952. The van der Waals surface area contributed by atoms with Crippen LogP contribution in [0.1, 0.15) is 13.0 Å². The van der Waals surface area contributed by atoms with E-state index in [2.05, 4.69) is 10.3 Å². The van der Waals surface area contributed by atoms with Crippen LogP contribution in [0.3, 0.4) is 0 Å². The third-order valence-corrected chi connectivity index (χ3v) is 5.68. The van der Waals surface area contributed by atoms with Crippen molar-refractivity contribution in [3.05, 3.63) is 86.5 Å². The van der Waals surface area contributed by atoms with E-state index in [9.17, 15) is 24.1 Å². The van der Waals surface area contributed by atoms with E-state index in [1.54, 1.807) is 24.4 Å². The lowest BCUT2D eigenvalue weighted by Gasteiger charge is -2.15. The Bertz CT molecular complexity index is 1360. The third kappa shape index (κ3) is 3.92. The molecule has 0 saturated heterocycles. The van der Waals surface area contributed by atoms with Gasteiger partial charge in [-0.25, -0.2) is 9.37 Å². The summed E-state index contributed by atoms with van der Waals surface area (Å²) in [6.07, 6.45) is 1.30. The lowest BCUT2D eigenvalue weighted by Crippen LogP contribution is -2.31. The first kappa shape index (κ1) is 20.4. The number of non-ortho nitro benzene ring substituents is 1. The molecular weight excluding hydrogens is 423 g/mol. The molecule has 1 N–H and O–H groups in total. The minimum absolute atomic E-state index is 0.0897. The average Bonchev–Trinajstić information content (AvgIpc) is 3.20. The smallest absolute Gasteiger partial charge is 0.270 e. The van der Waals surface area contributed by atoms with Gasteiger partial charge in [-0.15, -0.1) is 11.3 Å². The van der Waals surface area contributed by atoms with Crippen molar-refractivity contribution in [3.63, 3.8) is 0 Å². The molecule has 31 heavy (non-hydrogen) atoms. The zero-order valence-corrected chi connectivity index (χ0v) is 16.9. The maximum Gasteiger partial charge on any atom is 0.270 e. The molecule has 0 radical (unpaired) electrons. The van der Waals surface area contributed by atoms with Gasteiger partial charge in [-0.3, -0.25) is 24.3 Å². The van der Waals surface area contributed by atoms with Crippen molar-refractivity contribution >= 4 is 38.8 Å². The van der Waals surface area contributed by atoms with Gasteiger partial charge in [0.1, 0.15) is 16.7 Å². The molecular formula is C21H15FN4O4S. The number of nitrogens with one attached hydrogen (secondary N) is 1. The number of nitrogens with zero attached hydrogens (tertiary/aromatic N) is 3. The molecule has 2 aromatic heterocycles. The zero-order chi connectivity index (χ0) is 22.1. The van der Waals surface area contributed by atoms with Crippen LogP contribution < -0.4 is 10.9 Å². The lowest BCUT2D eigenvalue weighted by atomic mass is 10.1. The number of nitro benzene ring substituents is 1. The van der Waals surface area contributed by atoms with Crippen molar-refractivity contribution in [3.8, 4) is 11.1 Å². The normalized spacial score (nSPS) is 11.9. The van der Waals surface area contributed by atoms with E-state index in [0.29, 0.717) is 21.6 Å². The fourth-order valence-electron chi connectivity index (χ4n) is 3.13. The summed E-state index contributed by atoms with van der Waals surface area (Å²) in [5, 5.41) is 15.7. The number of nitro groups is 1. The maximum absolute atomic E-state index is 13.2. The fourth-order valence-corrected chi connectivity index (χ4v) is 4.03. The standard InChI is InChI=1S/C21H15FN4O4S/c1-12(19(27)24-15-7-5-14(22)6-8-15)25-11-23-20-18(21(25)28)17(10-31-20)13-3-2-4-16(9-13)26(29)30/h2-12H,1H3,(H,24,27). The molecule has 2 heterocycles. The highest BCUT2D eigenvalue weighted by molar-refractivity contribution is 7.17. The van der Waals surface area contributed by atoms with Gasteiger partial charge >= 0.3 is 0 Å². The summed E-state index contributed by atoms with van der Waals surface area (Å²) in [6, 6.07) is 10.4. The first-order valence-electron chi connectivity index (χ1n) is 9.15. The van der Waals surface area contributed by atoms with Crippen molar-refractivity contribution in [1.29, 1.82) is 0 Å². The number of benzene rings is 2. The number of hydrogen-bond acceptors (Lipinski definition) is 6. The lowest BCUT2D eigenvalue weighted by molar-refractivity contribution is -0.384. The molecule has 156 valence electrons. The van der Waals surface area contributed by atoms with Gasteiger partial charge in [-0.2, -0.15) is 0 Å². The van der Waals surface area contributed by atoms with Crippen LogP contribution in [0, 0.1) is 15.9 Å². The Morgan fingerprint density at radius 1 is 1.26 bits per heavy atom. The Morgan fingerprint density at radius 3 is 2.71 bits per heavy atom. The molecule has 1 atom stereocenters. The van der Waals surface area contributed by atoms with Gasteiger partial charge in [-0.05, 0) is 36.8 Å². The Morgan fingerprint density at radius 2 is 2.00 bits per heavy atom. The van der Waals surface area contributed by atoms with Gasteiger partial charge in [0, 0.05) is 28.8 Å². The average molecular weight is 438 g/mol. The van der Waals surface area contributed by atoms with Gasteiger partial charge in [0.25, 0.3) is 11.2 Å². The first-order valence-corrected chi connectivity index (χ1v) is 10.0. The van der Waals surface area contributed by atoms with E-state index in [4.69, 9.17) is 0 Å². The van der Waals surface area contributed by atoms with Crippen molar-refractivity contribution in [1.82, 2.24) is 9.55 Å². The SMILES string of the molecule is CC(C(=O)Nc1ccc(F)cc1)n1cnc2scc(-c3cccc([N+](=O)[O-])c3)c2c1=O. The predicted octanol–water partition coefficient (Wildman–Crippen LogP) is 4.37. The van der Waals surface area contributed by atoms with Crippen LogP contribution in [0.25, 0.3) is 21.3 Å². The predicted molar refractivity (Wildman–Crippen MR) is 116 cm³/mol. The number of carbonyl (C=O) groups is 1. The van der Waals surface area contributed by atoms with Crippen LogP contribution in [0.4, 0.5) is 15.8 Å². The maximum atomic E-state index is 13.2. The van der Waals surface area contributed by atoms with Gasteiger partial charge in [0.2, 0.25) is 5.91 Å². The van der Waals surface area contributed by atoms with Crippen molar-refractivity contribution in [2.75, 3.05) is 5.32 Å². The second-order valence-electron chi connectivity index (χ2n) is 6.77. The number of aromatic nitrogens is 2. The monoisotopic (exact) mass is 438 g/mol. The molecule has 0 spiro atoms. The topological polar surface area (TPSA) is 107 Å². The van der Waals surface area contributed by atoms with E-state index in [1.807, 2.05) is 0 Å². The van der Waals surface area contributed by atoms with Crippen LogP contribution in [0.5, 0.6) is 0 Å². The van der Waals surface area contributed by atoms with Crippen LogP contribution in [0.15, 0.2) is 65.0 Å². The largest absolute Gasteiger partial charge is 0.324 e. The minimum atomic E-state index is -0.896. The van der Waals surface area contributed by atoms with Crippen molar-refractivity contribution in [2.45, 2.75) is 13.0 Å². The van der Waals surface area contributed by atoms with Crippen LogP contribution in [-0.4, -0.2) is 20.4 Å². The second-order valence-corrected chi connectivity index (χ2v) is 7.62. The molecule has 0 aliphatic heterocycles. The molecule has 0 bridgehead atoms. The Labute approximate surface area is 178 Å². The Balaban J connectivity index is 1.72. The minimum Gasteiger partial charge on any atom is -0.324 e. The summed E-state index contributed by atoms with van der Waals surface area (Å²) in [5.74, 6) is -0.898. The molecule has 4 rings (SSSR count). The molecule has 1 amide bonds. The molecule has 1 unspecified atom stereocenters. The van der Waals surface area contributed by atoms with E-state index >= 15 is 0 Å². The molecule has 0 fully saturated rings. The van der Waals surface area contributed by atoms with Gasteiger partial charge in [0.05, 0.1) is 16.6 Å². The zero-order valence-electron chi connectivity index (χ0n) is 16.1. The first-order chi connectivity index (χ1) is 14.8. The Hall–Kier alpha value is -3.92. The molecule has 0 saturated carbocycles. The van der Waals surface area contributed by atoms with E-state index in [0.717, 1.165) is 0 Å². The summed E-state index contributed by atoms with van der Waals surface area (Å²) < 4.78 is 14.3. The molecule has 2 aromatic carbocycles. The van der Waals surface area contributed by atoms with Crippen molar-refractivity contribution in [2.24, 2.45) is 0 Å². The van der Waals surface area contributed by atoms with E-state index in [1.165, 1.54) is 58.6 Å². The van der Waals surface area contributed by atoms with Crippen LogP contribution >= 0.6 is 11.3 Å². The number of thiophene rings is 1. The van der Waals surface area contributed by atoms with E-state index in [-0.39, 0.29) is 11.1 Å². The molecule has 0 aliphatic carbocycles. The highest BCUT2D eigenvalue weighted by Gasteiger charge is 2.21. The van der Waals surface area contributed by atoms with Gasteiger partial charge in [-0.1, -0.05) is 12.1 Å². The van der Waals surface area contributed by atoms with Crippen molar-refractivity contribution < 1.29 is 14.1 Å². The molecule has 4 aromatic rings. The number of rotatable bonds is 5. The highest BCUT2D eigenvalue weighted by Crippen LogP contribution is 2.32. The molecule has 0 aliphatic rings. The van der Waals surface area contributed by atoms with E-state index < -0.39 is 28.2 Å². The summed E-state index contributed by atoms with van der Waals surface area (Å²) in [4.78, 5) is 41.2. The number of hydrogen-bond donors (Lipinski definition) is 1. The van der Waals surface area contributed by atoms with Gasteiger partial charge in [0.15, 0.2) is 0 Å². The highest BCUT2D eigenvalue weighted by atomic mass is 32.1. The second kappa shape index (κ2) is 8.07. The quantitative estimate of drug-likeness (QED) is 0.368. The molecule has 10 heteroatoms. The summed E-state index contributed by atoms with van der Waals surface area (Å²) >= 11 is 1.24. The number of carbonyl (C=O) groups excluding carboxylic acids is 1. The number of fused-ring (bicyclic) bond motifs is 1. The van der Waals surface area contributed by atoms with Crippen LogP contribution in [-0.2, 0) is 4.79 Å². The summed E-state index contributed by atoms with van der Waals surface area (Å²) in [6.45, 7) is 1.55. The number of halogens is 1. The molecule has 8 nitrogen and oxygen atoms in total. The summed E-state index contributed by atoms with van der Waals surface area (Å²) in [7, 11) is 0. The summed E-state index contributed by atoms with van der Waals surface area (Å²) in [5.41, 5.74) is 0.901. The van der Waals surface area contributed by atoms with Crippen LogP contribution in [0.2, 0.25) is 0 Å².